The normalized spacial score (nSPS) is 30.4. The van der Waals surface area contributed by atoms with Crippen LogP contribution < -0.4 is 22.1 Å². The summed E-state index contributed by atoms with van der Waals surface area (Å²) >= 11 is 0. The number of aliphatic imine (C=N–C) groups is 1. The van der Waals surface area contributed by atoms with E-state index in [1.165, 1.54) is 0 Å². The van der Waals surface area contributed by atoms with E-state index in [1.54, 1.807) is 0 Å². The molecule has 144 valence electrons. The zero-order valence-corrected chi connectivity index (χ0v) is 15.3. The summed E-state index contributed by atoms with van der Waals surface area (Å²) in [6.07, 6.45) is 3.74. The van der Waals surface area contributed by atoms with Crippen molar-refractivity contribution in [3.05, 3.63) is 29.3 Å². The van der Waals surface area contributed by atoms with E-state index in [9.17, 15) is 4.39 Å². The molecule has 1 aromatic carbocycles. The maximum absolute atomic E-state index is 14.8. The van der Waals surface area contributed by atoms with Gasteiger partial charge in [-0.15, -0.1) is 0 Å². The minimum atomic E-state index is -1.29. The van der Waals surface area contributed by atoms with Gasteiger partial charge < -0.3 is 16.2 Å². The number of aryl methyl sites for hydroxylation is 1. The summed E-state index contributed by atoms with van der Waals surface area (Å²) in [4.78, 5) is 9.19. The number of nitrogens with two attached hydrogens (primary N) is 3. The summed E-state index contributed by atoms with van der Waals surface area (Å²) in [6.45, 7) is 1.98. The molecule has 0 saturated heterocycles. The Morgan fingerprint density at radius 3 is 2.81 bits per heavy atom. The van der Waals surface area contributed by atoms with Crippen molar-refractivity contribution >= 4 is 5.84 Å². The van der Waals surface area contributed by atoms with E-state index in [-0.39, 0.29) is 24.8 Å². The maximum Gasteiger partial charge on any atom is 0.130 e. The van der Waals surface area contributed by atoms with Crippen molar-refractivity contribution in [1.29, 1.82) is 0 Å². The molecule has 0 aromatic heterocycles. The Hall–Kier alpha value is -1.70. The van der Waals surface area contributed by atoms with Crippen LogP contribution in [0.15, 0.2) is 23.2 Å². The zero-order chi connectivity index (χ0) is 18.7. The summed E-state index contributed by atoms with van der Waals surface area (Å²) in [5.74, 6) is 6.42. The standard InChI is InChI=1S/C19H29FN4O2/c1-12(26-23)16-4-2-13-10-14(3-5-17(13)25-16)18(22)24-11-19(20)8-6-15(21)7-9-19/h3,5,10,12,15-16H,2,4,6-9,11,21,23H2,1H3,(H2,22,24). The second-order valence-corrected chi connectivity index (χ2v) is 7.55. The van der Waals surface area contributed by atoms with Crippen LogP contribution >= 0.6 is 0 Å². The van der Waals surface area contributed by atoms with Crippen LogP contribution in [0.2, 0.25) is 0 Å². The largest absolute Gasteiger partial charge is 0.487 e. The Morgan fingerprint density at radius 2 is 2.12 bits per heavy atom. The first-order valence-corrected chi connectivity index (χ1v) is 9.30. The number of benzene rings is 1. The van der Waals surface area contributed by atoms with Gasteiger partial charge in [0.25, 0.3) is 0 Å². The molecule has 1 aromatic rings. The highest BCUT2D eigenvalue weighted by Crippen LogP contribution is 2.32. The molecular formula is C19H29FN4O2. The van der Waals surface area contributed by atoms with Crippen molar-refractivity contribution in [2.45, 2.75) is 69.4 Å². The van der Waals surface area contributed by atoms with Crippen LogP contribution in [0.25, 0.3) is 0 Å². The molecule has 0 bridgehead atoms. The van der Waals surface area contributed by atoms with Gasteiger partial charge >= 0.3 is 0 Å². The average molecular weight is 364 g/mol. The lowest BCUT2D eigenvalue weighted by Crippen LogP contribution is -2.38. The lowest BCUT2D eigenvalue weighted by molar-refractivity contribution is -0.0238. The van der Waals surface area contributed by atoms with E-state index in [0.717, 1.165) is 29.7 Å². The van der Waals surface area contributed by atoms with Crippen molar-refractivity contribution in [1.82, 2.24) is 0 Å². The first kappa shape index (κ1) is 19.1. The molecule has 7 heteroatoms. The molecule has 1 heterocycles. The summed E-state index contributed by atoms with van der Waals surface area (Å²) in [6, 6.07) is 5.82. The Balaban J connectivity index is 1.66. The minimum absolute atomic E-state index is 0.0616. The van der Waals surface area contributed by atoms with Crippen molar-refractivity contribution in [3.63, 3.8) is 0 Å². The number of rotatable bonds is 5. The molecule has 6 nitrogen and oxygen atoms in total. The van der Waals surface area contributed by atoms with Gasteiger partial charge in [-0.25, -0.2) is 10.3 Å². The van der Waals surface area contributed by atoms with Crippen molar-refractivity contribution in [2.75, 3.05) is 6.54 Å². The molecule has 1 aliphatic heterocycles. The Labute approximate surface area is 153 Å². The average Bonchev–Trinajstić information content (AvgIpc) is 2.67. The second-order valence-electron chi connectivity index (χ2n) is 7.55. The molecular weight excluding hydrogens is 335 g/mol. The van der Waals surface area contributed by atoms with Gasteiger partial charge in [0.15, 0.2) is 0 Å². The Bertz CT molecular complexity index is 659. The molecule has 6 N–H and O–H groups in total. The molecule has 1 aliphatic carbocycles. The second kappa shape index (κ2) is 7.90. The van der Waals surface area contributed by atoms with E-state index in [0.29, 0.717) is 31.5 Å². The lowest BCUT2D eigenvalue weighted by Gasteiger charge is -2.31. The van der Waals surface area contributed by atoms with Crippen LogP contribution in [0.5, 0.6) is 5.75 Å². The minimum Gasteiger partial charge on any atom is -0.487 e. The number of alkyl halides is 1. The Kier molecular flexibility index (Phi) is 5.79. The quantitative estimate of drug-likeness (QED) is 0.420. The molecule has 2 aliphatic rings. The highest BCUT2D eigenvalue weighted by molar-refractivity contribution is 5.97. The molecule has 0 spiro atoms. The van der Waals surface area contributed by atoms with Gasteiger partial charge in [-0.05, 0) is 69.2 Å². The fraction of sp³-hybridized carbons (Fsp3) is 0.632. The molecule has 3 rings (SSSR count). The molecule has 1 fully saturated rings. The highest BCUT2D eigenvalue weighted by Gasteiger charge is 2.34. The van der Waals surface area contributed by atoms with E-state index >= 15 is 0 Å². The molecule has 2 atom stereocenters. The molecule has 1 saturated carbocycles. The fourth-order valence-electron chi connectivity index (χ4n) is 3.62. The first-order chi connectivity index (χ1) is 12.4. The zero-order valence-electron chi connectivity index (χ0n) is 15.3. The van der Waals surface area contributed by atoms with E-state index in [2.05, 4.69) is 4.99 Å². The van der Waals surface area contributed by atoms with Gasteiger partial charge in [-0.1, -0.05) is 0 Å². The van der Waals surface area contributed by atoms with Crippen LogP contribution in [0.4, 0.5) is 4.39 Å². The summed E-state index contributed by atoms with van der Waals surface area (Å²) < 4.78 is 20.7. The number of ether oxygens (including phenoxy) is 1. The molecule has 26 heavy (non-hydrogen) atoms. The smallest absolute Gasteiger partial charge is 0.130 e. The first-order valence-electron chi connectivity index (χ1n) is 9.30. The van der Waals surface area contributed by atoms with Crippen molar-refractivity contribution in [3.8, 4) is 5.75 Å². The third-order valence-electron chi connectivity index (χ3n) is 5.53. The highest BCUT2D eigenvalue weighted by atomic mass is 19.1. The van der Waals surface area contributed by atoms with Crippen LogP contribution in [-0.2, 0) is 11.3 Å². The summed E-state index contributed by atoms with van der Waals surface area (Å²) in [7, 11) is 0. The Morgan fingerprint density at radius 1 is 1.38 bits per heavy atom. The molecule has 0 amide bonds. The lowest BCUT2D eigenvalue weighted by atomic mass is 9.84. The predicted octanol–water partition coefficient (Wildman–Crippen LogP) is 1.97. The van der Waals surface area contributed by atoms with Gasteiger partial charge in [0.2, 0.25) is 0 Å². The van der Waals surface area contributed by atoms with Crippen molar-refractivity contribution in [2.24, 2.45) is 22.4 Å². The number of halogens is 1. The fourth-order valence-corrected chi connectivity index (χ4v) is 3.62. The molecule has 2 unspecified atom stereocenters. The summed E-state index contributed by atoms with van der Waals surface area (Å²) in [5, 5.41) is 0. The maximum atomic E-state index is 14.8. The predicted molar refractivity (Wildman–Crippen MR) is 99.8 cm³/mol. The number of hydrogen-bond acceptors (Lipinski definition) is 5. The van der Waals surface area contributed by atoms with E-state index in [4.69, 9.17) is 26.9 Å². The van der Waals surface area contributed by atoms with Crippen LogP contribution in [0.1, 0.15) is 50.2 Å². The molecule has 0 radical (unpaired) electrons. The SMILES string of the molecule is CC(ON)C1CCc2cc(C(N)=NCC3(F)CCC(N)CC3)ccc2O1. The monoisotopic (exact) mass is 364 g/mol. The van der Waals surface area contributed by atoms with Gasteiger partial charge in [-0.3, -0.25) is 9.83 Å². The van der Waals surface area contributed by atoms with Gasteiger partial charge in [0, 0.05) is 11.6 Å². The van der Waals surface area contributed by atoms with Crippen molar-refractivity contribution < 1.29 is 14.0 Å². The van der Waals surface area contributed by atoms with Crippen LogP contribution in [0.3, 0.4) is 0 Å². The van der Waals surface area contributed by atoms with Gasteiger partial charge in [-0.2, -0.15) is 0 Å². The number of nitrogens with zero attached hydrogens (tertiary/aromatic N) is 1. The third-order valence-corrected chi connectivity index (χ3v) is 5.53. The summed E-state index contributed by atoms with van der Waals surface area (Å²) in [5.41, 5.74) is 12.5. The van der Waals surface area contributed by atoms with Gasteiger partial charge in [0.1, 0.15) is 29.5 Å². The van der Waals surface area contributed by atoms with E-state index < -0.39 is 5.67 Å². The topological polar surface area (TPSA) is 109 Å². The number of hydrogen-bond donors (Lipinski definition) is 3. The van der Waals surface area contributed by atoms with Crippen LogP contribution in [-0.4, -0.2) is 36.3 Å². The van der Waals surface area contributed by atoms with Gasteiger partial charge in [0.05, 0.1) is 6.54 Å². The number of fused-ring (bicyclic) bond motifs is 1. The third kappa shape index (κ3) is 4.34. The number of amidine groups is 1. The van der Waals surface area contributed by atoms with E-state index in [1.807, 2.05) is 25.1 Å². The van der Waals surface area contributed by atoms with Crippen LogP contribution in [0, 0.1) is 0 Å².